The van der Waals surface area contributed by atoms with Crippen LogP contribution in [0.4, 0.5) is 11.4 Å². The van der Waals surface area contributed by atoms with Crippen molar-refractivity contribution in [3.63, 3.8) is 0 Å². The van der Waals surface area contributed by atoms with Crippen molar-refractivity contribution in [3.8, 4) is 5.75 Å². The molecule has 3 atom stereocenters. The highest BCUT2D eigenvalue weighted by molar-refractivity contribution is 7.92. The topological polar surface area (TPSA) is 325 Å². The zero-order valence-corrected chi connectivity index (χ0v) is 29.9. The van der Waals surface area contributed by atoms with E-state index in [2.05, 4.69) is 35.6 Å². The minimum absolute atomic E-state index is 0.0178. The second kappa shape index (κ2) is 16.5. The molecular weight excluding hydrogens is 723 g/mol. The third-order valence-electron chi connectivity index (χ3n) is 8.43. The number of sulfonamides is 1. The fraction of sp³-hybridized carbons (Fsp3) is 0.294. The van der Waals surface area contributed by atoms with Crippen molar-refractivity contribution in [1.82, 2.24) is 25.9 Å². The van der Waals surface area contributed by atoms with Crippen molar-refractivity contribution in [2.45, 2.75) is 49.2 Å². The van der Waals surface area contributed by atoms with E-state index in [4.69, 9.17) is 27.7 Å². The van der Waals surface area contributed by atoms with Crippen LogP contribution in [-0.4, -0.2) is 79.9 Å². The first-order valence-electron chi connectivity index (χ1n) is 16.7. The highest BCUT2D eigenvalue weighted by Gasteiger charge is 2.29. The van der Waals surface area contributed by atoms with Gasteiger partial charge in [0.05, 0.1) is 33.2 Å². The number of carbonyl (C=O) groups excluding carboxylic acids is 3. The quantitative estimate of drug-likeness (QED) is 0.0310. The molecule has 1 aliphatic heterocycles. The molecule has 0 unspecified atom stereocenters. The molecule has 14 N–H and O–H groups in total. The van der Waals surface area contributed by atoms with E-state index in [0.717, 1.165) is 5.56 Å². The molecule has 0 radical (unpaired) electrons. The van der Waals surface area contributed by atoms with E-state index in [-0.39, 0.29) is 65.0 Å². The van der Waals surface area contributed by atoms with E-state index in [1.807, 2.05) is 0 Å². The summed E-state index contributed by atoms with van der Waals surface area (Å²) < 4.78 is 35.6. The number of nitrogens with two attached hydrogens (primary N) is 4. The van der Waals surface area contributed by atoms with E-state index in [1.54, 1.807) is 31.2 Å². The van der Waals surface area contributed by atoms with Gasteiger partial charge >= 0.3 is 11.1 Å². The molecule has 20 heteroatoms. The largest absolute Gasteiger partial charge is 0.490 e. The number of aromatic nitrogens is 2. The molecule has 54 heavy (non-hydrogen) atoms. The van der Waals surface area contributed by atoms with Crippen molar-refractivity contribution in [2.75, 3.05) is 30.2 Å². The molecule has 4 aromatic rings. The van der Waals surface area contributed by atoms with Crippen molar-refractivity contribution in [3.05, 3.63) is 92.0 Å². The Balaban J connectivity index is 1.46. The Bertz CT molecular complexity index is 2320. The Labute approximate surface area is 308 Å². The Morgan fingerprint density at radius 2 is 1.63 bits per heavy atom. The van der Waals surface area contributed by atoms with Gasteiger partial charge in [-0.05, 0) is 73.4 Å². The molecule has 0 fully saturated rings. The van der Waals surface area contributed by atoms with Crippen LogP contribution in [0.5, 0.6) is 5.75 Å². The van der Waals surface area contributed by atoms with Crippen LogP contribution < -0.4 is 59.5 Å². The summed E-state index contributed by atoms with van der Waals surface area (Å²) >= 11 is 0. The number of fused-ring (bicyclic) bond motifs is 2. The van der Waals surface area contributed by atoms with Gasteiger partial charge in [-0.3, -0.25) is 33.7 Å². The summed E-state index contributed by atoms with van der Waals surface area (Å²) in [5.74, 6) is -1.97. The lowest BCUT2D eigenvalue weighted by Crippen LogP contribution is -2.56. The van der Waals surface area contributed by atoms with E-state index >= 15 is 0 Å². The summed E-state index contributed by atoms with van der Waals surface area (Å²) in [6, 6.07) is 10.2. The number of hydrogen-bond acceptors (Lipinski definition) is 11. The number of guanidine groups is 1. The SMILES string of the molecule is Cc1cc(NS(=O)(=O)c2ccc3[nH]c(=O)c(=O)[nH]c3c2)cc2c1OC[C@H](CCCN=C(N)N)NC(=O)[C@H](Cc1ccc(N)cc1)NC(=O)[C@@H](N)CNC2=O. The smallest absolute Gasteiger partial charge is 0.314 e. The van der Waals surface area contributed by atoms with Gasteiger partial charge in [-0.15, -0.1) is 0 Å². The molecule has 3 aromatic carbocycles. The lowest BCUT2D eigenvalue weighted by molar-refractivity contribution is -0.130. The van der Waals surface area contributed by atoms with Crippen LogP contribution in [-0.2, 0) is 26.0 Å². The predicted molar refractivity (Wildman–Crippen MR) is 201 cm³/mol. The fourth-order valence-corrected chi connectivity index (χ4v) is 6.73. The molecule has 0 spiro atoms. The van der Waals surface area contributed by atoms with Gasteiger partial charge in [0.1, 0.15) is 24.4 Å². The molecule has 0 saturated heterocycles. The number of nitrogens with one attached hydrogen (secondary N) is 6. The molecule has 2 heterocycles. The summed E-state index contributed by atoms with van der Waals surface area (Å²) in [5, 5.41) is 8.21. The van der Waals surface area contributed by atoms with Crippen LogP contribution in [0, 0.1) is 6.92 Å². The molecule has 1 aromatic heterocycles. The second-order valence-electron chi connectivity index (χ2n) is 12.7. The Hall–Kier alpha value is -6.41. The normalized spacial score (nSPS) is 18.3. The minimum atomic E-state index is -4.31. The summed E-state index contributed by atoms with van der Waals surface area (Å²) in [5.41, 5.74) is 22.8. The summed E-state index contributed by atoms with van der Waals surface area (Å²) in [7, 11) is -4.31. The average Bonchev–Trinajstić information content (AvgIpc) is 3.11. The Kier molecular flexibility index (Phi) is 11.9. The van der Waals surface area contributed by atoms with Gasteiger partial charge in [0, 0.05) is 25.2 Å². The number of amides is 3. The van der Waals surface area contributed by atoms with Crippen LogP contribution >= 0.6 is 0 Å². The molecule has 0 bridgehead atoms. The van der Waals surface area contributed by atoms with Crippen LogP contribution in [0.15, 0.2) is 74.1 Å². The van der Waals surface area contributed by atoms with Crippen LogP contribution in [0.2, 0.25) is 0 Å². The number of nitrogen functional groups attached to an aromatic ring is 1. The number of ether oxygens (including phenoxy) is 1. The standard InChI is InChI=1S/C34H41N11O8S/c1-17-11-21(45-54(51,52)22-8-9-25-26(14-22)43-33(50)32(49)42-25)13-23-28(17)53-16-20(3-2-10-39-34(37)38)41-31(48)27(12-18-4-6-19(35)7-5-18)44-30(47)24(36)15-40-29(23)46/h4-9,11,13-14,20,24,27,45H,2-3,10,12,15-16,35-36H2,1H3,(H,40,46)(H,41,48)(H,42,49)(H,43,50)(H,44,47)(H4,37,38,39)/t20-,24-,27-/m0/s1. The number of carbonyl (C=O) groups is 3. The Morgan fingerprint density at radius 1 is 0.926 bits per heavy atom. The van der Waals surface area contributed by atoms with Gasteiger partial charge in [0.15, 0.2) is 5.96 Å². The lowest BCUT2D eigenvalue weighted by Gasteiger charge is -2.26. The number of rotatable bonds is 9. The average molecular weight is 764 g/mol. The molecule has 5 rings (SSSR count). The highest BCUT2D eigenvalue weighted by atomic mass is 32.2. The third-order valence-corrected chi connectivity index (χ3v) is 9.81. The molecular formula is C34H41N11O8S. The Morgan fingerprint density at radius 3 is 2.33 bits per heavy atom. The first kappa shape index (κ1) is 38.8. The van der Waals surface area contributed by atoms with Crippen molar-refractivity contribution in [2.24, 2.45) is 22.2 Å². The molecule has 286 valence electrons. The van der Waals surface area contributed by atoms with Crippen LogP contribution in [0.25, 0.3) is 11.0 Å². The fourth-order valence-electron chi connectivity index (χ4n) is 5.67. The van der Waals surface area contributed by atoms with E-state index < -0.39 is 57.0 Å². The molecule has 19 nitrogen and oxygen atoms in total. The van der Waals surface area contributed by atoms with Gasteiger partial charge in [-0.1, -0.05) is 12.1 Å². The molecule has 1 aliphatic rings. The van der Waals surface area contributed by atoms with E-state index in [0.29, 0.717) is 24.1 Å². The maximum Gasteiger partial charge on any atom is 0.314 e. The summed E-state index contributed by atoms with van der Waals surface area (Å²) in [6.45, 7) is 1.36. The number of nitrogens with zero attached hydrogens (tertiary/aromatic N) is 1. The monoisotopic (exact) mass is 763 g/mol. The van der Waals surface area contributed by atoms with E-state index in [9.17, 15) is 32.4 Å². The van der Waals surface area contributed by atoms with Crippen molar-refractivity contribution >= 4 is 56.1 Å². The van der Waals surface area contributed by atoms with Gasteiger partial charge in [0.25, 0.3) is 15.9 Å². The number of benzene rings is 3. The first-order chi connectivity index (χ1) is 25.6. The van der Waals surface area contributed by atoms with E-state index in [1.165, 1.54) is 30.3 Å². The maximum atomic E-state index is 13.7. The number of aliphatic imine (C=N–C) groups is 1. The maximum absolute atomic E-state index is 13.7. The van der Waals surface area contributed by atoms with Crippen LogP contribution in [0.3, 0.4) is 0 Å². The molecule has 0 aliphatic carbocycles. The summed E-state index contributed by atoms with van der Waals surface area (Å²) in [4.78, 5) is 72.6. The number of H-pyrrole nitrogens is 2. The van der Waals surface area contributed by atoms with Crippen molar-refractivity contribution in [1.29, 1.82) is 0 Å². The molecule has 3 amide bonds. The first-order valence-corrected chi connectivity index (χ1v) is 18.2. The number of aromatic amines is 2. The van der Waals surface area contributed by atoms with Crippen LogP contribution in [0.1, 0.15) is 34.3 Å². The number of hydrogen-bond donors (Lipinski definition) is 10. The second-order valence-corrected chi connectivity index (χ2v) is 14.4. The predicted octanol–water partition coefficient (Wildman–Crippen LogP) is -1.38. The zero-order valence-electron chi connectivity index (χ0n) is 29.1. The number of anilines is 2. The van der Waals surface area contributed by atoms with Gasteiger partial charge in [0.2, 0.25) is 11.8 Å². The zero-order chi connectivity index (χ0) is 39.2. The van der Waals surface area contributed by atoms with Gasteiger partial charge in [-0.25, -0.2) is 8.42 Å². The van der Waals surface area contributed by atoms with Gasteiger partial charge in [-0.2, -0.15) is 0 Å². The summed E-state index contributed by atoms with van der Waals surface area (Å²) in [6.07, 6.45) is 0.863. The minimum Gasteiger partial charge on any atom is -0.490 e. The van der Waals surface area contributed by atoms with Gasteiger partial charge < -0.3 is 53.6 Å². The highest BCUT2D eigenvalue weighted by Crippen LogP contribution is 2.30. The number of aryl methyl sites for hydroxylation is 1. The molecule has 0 saturated carbocycles. The van der Waals surface area contributed by atoms with Crippen molar-refractivity contribution < 1.29 is 27.5 Å². The third kappa shape index (κ3) is 9.72. The lowest BCUT2D eigenvalue weighted by atomic mass is 10.0.